The highest BCUT2D eigenvalue weighted by Gasteiger charge is 2.13. The number of halogens is 2. The largest absolute Gasteiger partial charge is 0.477 e. The minimum atomic E-state index is -1.26. The molecule has 0 radical (unpaired) electrons. The fraction of sp³-hybridized carbons (Fsp3) is 0.143. The van der Waals surface area contributed by atoms with Crippen LogP contribution in [0, 0.1) is 12.7 Å². The molecule has 0 amide bonds. The Balaban J connectivity index is 2.48. The average molecular weight is 340 g/mol. The van der Waals surface area contributed by atoms with E-state index in [0.717, 1.165) is 0 Å². The van der Waals surface area contributed by atoms with Crippen molar-refractivity contribution >= 4 is 21.9 Å². The first-order chi connectivity index (χ1) is 9.40. The van der Waals surface area contributed by atoms with Crippen molar-refractivity contribution in [2.24, 2.45) is 0 Å². The number of rotatable bonds is 3. The first-order valence-corrected chi connectivity index (χ1v) is 6.57. The van der Waals surface area contributed by atoms with Crippen LogP contribution in [-0.2, 0) is 6.54 Å². The molecule has 2 rings (SSSR count). The van der Waals surface area contributed by atoms with Crippen molar-refractivity contribution in [3.63, 3.8) is 0 Å². The Morgan fingerprint density at radius 2 is 2.05 bits per heavy atom. The lowest BCUT2D eigenvalue weighted by molar-refractivity contribution is 0.0694. The van der Waals surface area contributed by atoms with Gasteiger partial charge in [0.25, 0.3) is 5.56 Å². The summed E-state index contributed by atoms with van der Waals surface area (Å²) in [5.41, 5.74) is 0.487. The monoisotopic (exact) mass is 339 g/mol. The number of aromatic nitrogens is 1. The summed E-state index contributed by atoms with van der Waals surface area (Å²) in [6.07, 6.45) is 0. The van der Waals surface area contributed by atoms with Crippen LogP contribution in [-0.4, -0.2) is 15.6 Å². The minimum absolute atomic E-state index is 0.185. The van der Waals surface area contributed by atoms with Crippen molar-refractivity contribution in [2.75, 3.05) is 0 Å². The van der Waals surface area contributed by atoms with Gasteiger partial charge in [0.1, 0.15) is 11.4 Å². The molecule has 0 bridgehead atoms. The number of nitrogens with zero attached hydrogens (tertiary/aromatic N) is 1. The third kappa shape index (κ3) is 2.80. The molecule has 0 aliphatic heterocycles. The predicted octanol–water partition coefficient (Wildman–Crippen LogP) is 2.80. The van der Waals surface area contributed by atoms with Gasteiger partial charge in [0, 0.05) is 5.69 Å². The zero-order chi connectivity index (χ0) is 14.9. The zero-order valence-electron chi connectivity index (χ0n) is 10.6. The van der Waals surface area contributed by atoms with Crippen LogP contribution in [0.2, 0.25) is 0 Å². The van der Waals surface area contributed by atoms with Crippen molar-refractivity contribution in [3.05, 3.63) is 67.8 Å². The molecule has 1 N–H and O–H groups in total. The van der Waals surface area contributed by atoms with Crippen molar-refractivity contribution < 1.29 is 14.3 Å². The van der Waals surface area contributed by atoms with E-state index in [0.29, 0.717) is 15.7 Å². The van der Waals surface area contributed by atoms with E-state index >= 15 is 0 Å². The van der Waals surface area contributed by atoms with Gasteiger partial charge in [-0.1, -0.05) is 6.07 Å². The second-order valence-corrected chi connectivity index (χ2v) is 5.19. The van der Waals surface area contributed by atoms with Gasteiger partial charge in [-0.25, -0.2) is 9.18 Å². The van der Waals surface area contributed by atoms with Crippen molar-refractivity contribution in [1.82, 2.24) is 4.57 Å². The van der Waals surface area contributed by atoms with Gasteiger partial charge in [-0.15, -0.1) is 0 Å². The molecular formula is C14H11BrFNO3. The highest BCUT2D eigenvalue weighted by atomic mass is 79.9. The summed E-state index contributed by atoms with van der Waals surface area (Å²) < 4.78 is 14.8. The first kappa shape index (κ1) is 14.5. The van der Waals surface area contributed by atoms with E-state index in [4.69, 9.17) is 5.11 Å². The fourth-order valence-corrected chi connectivity index (χ4v) is 2.28. The Morgan fingerprint density at radius 3 is 2.65 bits per heavy atom. The third-order valence-electron chi connectivity index (χ3n) is 2.95. The van der Waals surface area contributed by atoms with Crippen LogP contribution < -0.4 is 5.56 Å². The molecule has 1 aromatic carbocycles. The zero-order valence-corrected chi connectivity index (χ0v) is 12.1. The lowest BCUT2D eigenvalue weighted by Gasteiger charge is -2.11. The molecule has 2 aromatic rings. The number of hydrogen-bond donors (Lipinski definition) is 1. The molecular weight excluding hydrogens is 329 g/mol. The Kier molecular flexibility index (Phi) is 4.04. The Bertz CT molecular complexity index is 740. The maximum atomic E-state index is 13.2. The molecule has 0 aliphatic carbocycles. The molecule has 1 aromatic heterocycles. The summed E-state index contributed by atoms with van der Waals surface area (Å²) in [5, 5.41) is 8.96. The highest BCUT2D eigenvalue weighted by molar-refractivity contribution is 9.10. The molecule has 0 aliphatic rings. The molecule has 0 unspecified atom stereocenters. The maximum absolute atomic E-state index is 13.2. The Morgan fingerprint density at radius 1 is 1.35 bits per heavy atom. The van der Waals surface area contributed by atoms with Gasteiger partial charge < -0.3 is 9.67 Å². The van der Waals surface area contributed by atoms with E-state index in [2.05, 4.69) is 15.9 Å². The summed E-state index contributed by atoms with van der Waals surface area (Å²) in [6.45, 7) is 1.90. The fourth-order valence-electron chi connectivity index (χ4n) is 1.85. The van der Waals surface area contributed by atoms with E-state index in [1.807, 2.05) is 0 Å². The number of carboxylic acids is 1. The van der Waals surface area contributed by atoms with Gasteiger partial charge in [-0.3, -0.25) is 4.79 Å². The number of carboxylic acid groups (broad SMARTS) is 1. The molecule has 0 spiro atoms. The quantitative estimate of drug-likeness (QED) is 0.935. The SMILES string of the molecule is Cc1ccc(C(=O)O)c(=O)n1Cc1ccc(F)c(Br)c1. The molecule has 104 valence electrons. The summed E-state index contributed by atoms with van der Waals surface area (Å²) in [6, 6.07) is 7.27. The van der Waals surface area contributed by atoms with Crippen LogP contribution >= 0.6 is 15.9 Å². The van der Waals surface area contributed by atoms with Gasteiger partial charge >= 0.3 is 5.97 Å². The summed E-state index contributed by atoms with van der Waals surface area (Å²) >= 11 is 3.08. The van der Waals surface area contributed by atoms with Crippen molar-refractivity contribution in [3.8, 4) is 0 Å². The summed E-state index contributed by atoms with van der Waals surface area (Å²) in [4.78, 5) is 23.0. The smallest absolute Gasteiger partial charge is 0.341 e. The van der Waals surface area contributed by atoms with Gasteiger partial charge in [-0.2, -0.15) is 0 Å². The van der Waals surface area contributed by atoms with Crippen LogP contribution in [0.25, 0.3) is 0 Å². The third-order valence-corrected chi connectivity index (χ3v) is 3.56. The number of aryl methyl sites for hydroxylation is 1. The summed E-state index contributed by atoms with van der Waals surface area (Å²) in [5.74, 6) is -1.65. The molecule has 0 fully saturated rings. The average Bonchev–Trinajstić information content (AvgIpc) is 2.38. The Hall–Kier alpha value is -1.95. The standard InChI is InChI=1S/C14H11BrFNO3/c1-8-2-4-10(14(19)20)13(18)17(8)7-9-3-5-12(16)11(15)6-9/h2-6H,7H2,1H3,(H,19,20). The highest BCUT2D eigenvalue weighted by Crippen LogP contribution is 2.17. The summed E-state index contributed by atoms with van der Waals surface area (Å²) in [7, 11) is 0. The normalized spacial score (nSPS) is 10.6. The number of aromatic carboxylic acids is 1. The van der Waals surface area contributed by atoms with Gasteiger partial charge in [-0.05, 0) is 52.7 Å². The number of pyridine rings is 1. The molecule has 4 nitrogen and oxygen atoms in total. The van der Waals surface area contributed by atoms with E-state index in [1.54, 1.807) is 25.1 Å². The molecule has 6 heteroatoms. The van der Waals surface area contributed by atoms with E-state index in [9.17, 15) is 14.0 Å². The molecule has 0 saturated carbocycles. The van der Waals surface area contributed by atoms with Crippen molar-refractivity contribution in [1.29, 1.82) is 0 Å². The second kappa shape index (κ2) is 5.58. The van der Waals surface area contributed by atoms with Crippen LogP contribution in [0.4, 0.5) is 4.39 Å². The van der Waals surface area contributed by atoms with Crippen LogP contribution in [0.5, 0.6) is 0 Å². The number of benzene rings is 1. The van der Waals surface area contributed by atoms with Gasteiger partial charge in [0.2, 0.25) is 0 Å². The topological polar surface area (TPSA) is 59.3 Å². The van der Waals surface area contributed by atoms with E-state index in [1.165, 1.54) is 16.7 Å². The van der Waals surface area contributed by atoms with Crippen LogP contribution in [0.15, 0.2) is 39.6 Å². The molecule has 1 heterocycles. The maximum Gasteiger partial charge on any atom is 0.341 e. The van der Waals surface area contributed by atoms with Gasteiger partial charge in [0.05, 0.1) is 11.0 Å². The van der Waals surface area contributed by atoms with E-state index in [-0.39, 0.29) is 12.1 Å². The first-order valence-electron chi connectivity index (χ1n) is 5.78. The number of carbonyl (C=O) groups is 1. The Labute approximate surface area is 122 Å². The molecule has 20 heavy (non-hydrogen) atoms. The minimum Gasteiger partial charge on any atom is -0.477 e. The van der Waals surface area contributed by atoms with Crippen LogP contribution in [0.1, 0.15) is 21.6 Å². The lowest BCUT2D eigenvalue weighted by atomic mass is 10.2. The lowest BCUT2D eigenvalue weighted by Crippen LogP contribution is -2.28. The van der Waals surface area contributed by atoms with Gasteiger partial charge in [0.15, 0.2) is 0 Å². The molecule has 0 saturated heterocycles. The number of hydrogen-bond acceptors (Lipinski definition) is 2. The second-order valence-electron chi connectivity index (χ2n) is 4.33. The van der Waals surface area contributed by atoms with Crippen molar-refractivity contribution in [2.45, 2.75) is 13.5 Å². The van der Waals surface area contributed by atoms with E-state index < -0.39 is 17.3 Å². The predicted molar refractivity (Wildman–Crippen MR) is 75.6 cm³/mol. The molecule has 0 atom stereocenters. The van der Waals surface area contributed by atoms with Crippen LogP contribution in [0.3, 0.4) is 0 Å².